The summed E-state index contributed by atoms with van der Waals surface area (Å²) in [6, 6.07) is 16.5. The lowest BCUT2D eigenvalue weighted by Crippen LogP contribution is -2.12. The van der Waals surface area contributed by atoms with Gasteiger partial charge in [0.15, 0.2) is 11.6 Å². The van der Waals surface area contributed by atoms with E-state index in [4.69, 9.17) is 25.5 Å². The number of amides is 1. The first-order valence-electron chi connectivity index (χ1n) is 9.65. The van der Waals surface area contributed by atoms with Gasteiger partial charge in [-0.1, -0.05) is 23.7 Å². The highest BCUT2D eigenvalue weighted by atomic mass is 35.5. The first-order chi connectivity index (χ1) is 15.5. The number of carbonyl (C=O) groups is 1. The number of hydrogen-bond donors (Lipinski definition) is 1. The van der Waals surface area contributed by atoms with Gasteiger partial charge >= 0.3 is 0 Å². The van der Waals surface area contributed by atoms with Crippen LogP contribution >= 0.6 is 11.6 Å². The Kier molecular flexibility index (Phi) is 6.42. The van der Waals surface area contributed by atoms with Gasteiger partial charge in [0.25, 0.3) is 5.91 Å². The maximum Gasteiger partial charge on any atom is 0.292 e. The number of hydrogen-bond acceptors (Lipinski definition) is 5. The number of methoxy groups -OCH3 is 1. The van der Waals surface area contributed by atoms with Crippen LogP contribution in [0.5, 0.6) is 11.5 Å². The molecule has 0 saturated heterocycles. The lowest BCUT2D eigenvalue weighted by Gasteiger charge is -2.06. The second-order valence-corrected chi connectivity index (χ2v) is 7.19. The molecule has 0 aliphatic carbocycles. The number of halogens is 2. The Labute approximate surface area is 188 Å². The standard InChI is InChI=1S/C23H19ClFN3O4/c1-30-15-4-2-5-16(12-15)31-14-17-8-9-21(32-17)23(29)26-22-10-11-28(27-22)13-18-19(24)6-3-7-20(18)25/h2-12H,13-14H2,1H3,(H,26,27,29). The van der Waals surface area contributed by atoms with Crippen LogP contribution in [0.2, 0.25) is 5.02 Å². The van der Waals surface area contributed by atoms with Gasteiger partial charge in [-0.05, 0) is 36.4 Å². The summed E-state index contributed by atoms with van der Waals surface area (Å²) in [5, 5.41) is 7.19. The fourth-order valence-electron chi connectivity index (χ4n) is 2.96. The Morgan fingerprint density at radius 2 is 1.97 bits per heavy atom. The number of furan rings is 1. The highest BCUT2D eigenvalue weighted by molar-refractivity contribution is 6.31. The molecule has 4 rings (SSSR count). The van der Waals surface area contributed by atoms with Crippen LogP contribution in [0.4, 0.5) is 10.2 Å². The van der Waals surface area contributed by atoms with Gasteiger partial charge in [-0.2, -0.15) is 5.10 Å². The van der Waals surface area contributed by atoms with Crippen molar-refractivity contribution in [2.45, 2.75) is 13.2 Å². The van der Waals surface area contributed by atoms with Crippen LogP contribution in [0.15, 0.2) is 71.3 Å². The zero-order valence-electron chi connectivity index (χ0n) is 17.0. The van der Waals surface area contributed by atoms with Crippen LogP contribution in [0.25, 0.3) is 0 Å². The van der Waals surface area contributed by atoms with Gasteiger partial charge < -0.3 is 19.2 Å². The molecule has 2 aromatic heterocycles. The van der Waals surface area contributed by atoms with Gasteiger partial charge in [-0.25, -0.2) is 4.39 Å². The molecule has 0 bridgehead atoms. The molecule has 0 fully saturated rings. The number of nitrogens with one attached hydrogen (secondary N) is 1. The van der Waals surface area contributed by atoms with E-state index in [2.05, 4.69) is 10.4 Å². The number of carbonyl (C=O) groups excluding carboxylic acids is 1. The zero-order chi connectivity index (χ0) is 22.5. The van der Waals surface area contributed by atoms with Crippen LogP contribution < -0.4 is 14.8 Å². The van der Waals surface area contributed by atoms with Crippen molar-refractivity contribution in [3.05, 3.63) is 94.8 Å². The van der Waals surface area contributed by atoms with Gasteiger partial charge in [0.2, 0.25) is 0 Å². The molecule has 0 atom stereocenters. The van der Waals surface area contributed by atoms with Crippen LogP contribution in [-0.2, 0) is 13.2 Å². The molecule has 0 spiro atoms. The van der Waals surface area contributed by atoms with E-state index in [-0.39, 0.29) is 18.9 Å². The molecular formula is C23H19ClFN3O4. The summed E-state index contributed by atoms with van der Waals surface area (Å²) in [7, 11) is 1.58. The zero-order valence-corrected chi connectivity index (χ0v) is 17.8. The molecule has 4 aromatic rings. The number of aromatic nitrogens is 2. The van der Waals surface area contributed by atoms with Crippen LogP contribution in [0, 0.1) is 5.82 Å². The van der Waals surface area contributed by atoms with Crippen molar-refractivity contribution in [2.75, 3.05) is 12.4 Å². The minimum Gasteiger partial charge on any atom is -0.497 e. The summed E-state index contributed by atoms with van der Waals surface area (Å²) in [6.45, 7) is 0.284. The smallest absolute Gasteiger partial charge is 0.292 e. The Morgan fingerprint density at radius 3 is 2.78 bits per heavy atom. The molecule has 1 N–H and O–H groups in total. The van der Waals surface area contributed by atoms with Gasteiger partial charge in [-0.15, -0.1) is 0 Å². The highest BCUT2D eigenvalue weighted by Crippen LogP contribution is 2.22. The lowest BCUT2D eigenvalue weighted by molar-refractivity contribution is 0.0992. The molecular weight excluding hydrogens is 437 g/mol. The SMILES string of the molecule is COc1cccc(OCc2ccc(C(=O)Nc3ccn(Cc4c(F)cccc4Cl)n3)o2)c1. The van der Waals surface area contributed by atoms with E-state index < -0.39 is 11.7 Å². The molecule has 32 heavy (non-hydrogen) atoms. The first kappa shape index (κ1) is 21.5. The second kappa shape index (κ2) is 9.57. The van der Waals surface area contributed by atoms with Crippen LogP contribution in [-0.4, -0.2) is 22.8 Å². The maximum absolute atomic E-state index is 14.0. The van der Waals surface area contributed by atoms with Crippen molar-refractivity contribution >= 4 is 23.3 Å². The van der Waals surface area contributed by atoms with E-state index in [1.54, 1.807) is 49.7 Å². The van der Waals surface area contributed by atoms with Gasteiger partial charge in [0.1, 0.15) is 29.7 Å². The topological polar surface area (TPSA) is 78.5 Å². The fourth-order valence-corrected chi connectivity index (χ4v) is 3.19. The summed E-state index contributed by atoms with van der Waals surface area (Å²) in [5.74, 6) is 1.31. The number of rotatable bonds is 8. The Bertz CT molecular complexity index is 1220. The van der Waals surface area contributed by atoms with E-state index in [0.29, 0.717) is 33.7 Å². The molecule has 7 nitrogen and oxygen atoms in total. The van der Waals surface area contributed by atoms with Crippen molar-refractivity contribution in [3.8, 4) is 11.5 Å². The minimum atomic E-state index is -0.466. The third-order valence-electron chi connectivity index (χ3n) is 4.57. The van der Waals surface area contributed by atoms with Crippen LogP contribution in [0.3, 0.4) is 0 Å². The lowest BCUT2D eigenvalue weighted by atomic mass is 10.2. The molecule has 2 aromatic carbocycles. The van der Waals surface area contributed by atoms with E-state index in [1.165, 1.54) is 16.8 Å². The molecule has 2 heterocycles. The number of ether oxygens (including phenoxy) is 2. The quantitative estimate of drug-likeness (QED) is 0.397. The predicted molar refractivity (Wildman–Crippen MR) is 117 cm³/mol. The monoisotopic (exact) mass is 455 g/mol. The summed E-state index contributed by atoms with van der Waals surface area (Å²) >= 11 is 6.05. The van der Waals surface area contributed by atoms with E-state index in [9.17, 15) is 9.18 Å². The van der Waals surface area contributed by atoms with Crippen molar-refractivity contribution in [2.24, 2.45) is 0 Å². The van der Waals surface area contributed by atoms with Crippen molar-refractivity contribution in [1.29, 1.82) is 0 Å². The molecule has 0 aliphatic rings. The molecule has 0 aliphatic heterocycles. The number of benzene rings is 2. The Balaban J connectivity index is 1.35. The van der Waals surface area contributed by atoms with Gasteiger partial charge in [0, 0.05) is 28.9 Å². The third kappa shape index (κ3) is 5.09. The molecule has 0 radical (unpaired) electrons. The fraction of sp³-hybridized carbons (Fsp3) is 0.130. The minimum absolute atomic E-state index is 0.112. The number of anilines is 1. The Morgan fingerprint density at radius 1 is 1.16 bits per heavy atom. The summed E-state index contributed by atoms with van der Waals surface area (Å²) < 4.78 is 31.8. The second-order valence-electron chi connectivity index (χ2n) is 6.79. The van der Waals surface area contributed by atoms with Crippen molar-refractivity contribution < 1.29 is 23.1 Å². The van der Waals surface area contributed by atoms with Crippen molar-refractivity contribution in [1.82, 2.24) is 9.78 Å². The largest absolute Gasteiger partial charge is 0.497 e. The molecule has 9 heteroatoms. The maximum atomic E-state index is 14.0. The van der Waals surface area contributed by atoms with Crippen molar-refractivity contribution in [3.63, 3.8) is 0 Å². The highest BCUT2D eigenvalue weighted by Gasteiger charge is 2.14. The first-order valence-corrected chi connectivity index (χ1v) is 10.0. The average Bonchev–Trinajstić information content (AvgIpc) is 3.45. The summed E-state index contributed by atoms with van der Waals surface area (Å²) in [4.78, 5) is 12.5. The molecule has 1 amide bonds. The normalized spacial score (nSPS) is 10.7. The Hall–Kier alpha value is -3.78. The van der Waals surface area contributed by atoms with E-state index in [1.807, 2.05) is 12.1 Å². The molecule has 0 unspecified atom stereocenters. The van der Waals surface area contributed by atoms with E-state index in [0.717, 1.165) is 0 Å². The van der Waals surface area contributed by atoms with Gasteiger partial charge in [-0.3, -0.25) is 9.48 Å². The third-order valence-corrected chi connectivity index (χ3v) is 4.93. The number of nitrogens with zero attached hydrogens (tertiary/aromatic N) is 2. The van der Waals surface area contributed by atoms with E-state index >= 15 is 0 Å². The van der Waals surface area contributed by atoms with Gasteiger partial charge in [0.05, 0.1) is 13.7 Å². The van der Waals surface area contributed by atoms with Crippen LogP contribution in [0.1, 0.15) is 21.9 Å². The predicted octanol–water partition coefficient (Wildman–Crippen LogP) is 5.16. The molecule has 164 valence electrons. The summed E-state index contributed by atoms with van der Waals surface area (Å²) in [5.41, 5.74) is 0.321. The average molecular weight is 456 g/mol. The molecule has 0 saturated carbocycles. The summed E-state index contributed by atoms with van der Waals surface area (Å²) in [6.07, 6.45) is 1.62.